The van der Waals surface area contributed by atoms with Gasteiger partial charge in [0.25, 0.3) is 5.91 Å². The highest BCUT2D eigenvalue weighted by atomic mass is 32.1. The van der Waals surface area contributed by atoms with Crippen LogP contribution >= 0.6 is 11.3 Å². The SMILES string of the molecule is CC(C)(O)C(F)CNC(=O)c1cnc(Nc2ccc3ncsc3c2)cc1NC1CC1. The Morgan fingerprint density at radius 1 is 1.33 bits per heavy atom. The van der Waals surface area contributed by atoms with Gasteiger partial charge >= 0.3 is 0 Å². The Morgan fingerprint density at radius 3 is 2.87 bits per heavy atom. The number of nitrogens with zero attached hydrogens (tertiary/aromatic N) is 2. The van der Waals surface area contributed by atoms with E-state index in [-0.39, 0.29) is 6.54 Å². The number of alkyl halides is 1. The van der Waals surface area contributed by atoms with Crippen LogP contribution in [0.5, 0.6) is 0 Å². The Bertz CT molecular complexity index is 1060. The molecule has 9 heteroatoms. The molecule has 1 fully saturated rings. The fourth-order valence-electron chi connectivity index (χ4n) is 2.88. The van der Waals surface area contributed by atoms with Gasteiger partial charge in [-0.05, 0) is 44.9 Å². The zero-order valence-electron chi connectivity index (χ0n) is 16.8. The van der Waals surface area contributed by atoms with Gasteiger partial charge in [0.2, 0.25) is 0 Å². The van der Waals surface area contributed by atoms with E-state index in [1.54, 1.807) is 22.9 Å². The molecule has 1 aromatic carbocycles. The van der Waals surface area contributed by atoms with Crippen LogP contribution in [-0.2, 0) is 0 Å². The van der Waals surface area contributed by atoms with Gasteiger partial charge in [-0.2, -0.15) is 0 Å². The van der Waals surface area contributed by atoms with Crippen LogP contribution in [0.15, 0.2) is 36.0 Å². The second kappa shape index (κ2) is 8.16. The summed E-state index contributed by atoms with van der Waals surface area (Å²) >= 11 is 1.56. The summed E-state index contributed by atoms with van der Waals surface area (Å²) in [6, 6.07) is 7.98. The molecule has 1 aliphatic rings. The van der Waals surface area contributed by atoms with Crippen LogP contribution in [0.4, 0.5) is 21.6 Å². The molecule has 4 N–H and O–H groups in total. The number of fused-ring (bicyclic) bond motifs is 1. The van der Waals surface area contributed by atoms with Crippen LogP contribution in [0, 0.1) is 0 Å². The number of carbonyl (C=O) groups excluding carboxylic acids is 1. The molecule has 0 aliphatic heterocycles. The standard InChI is InChI=1S/C21H24FN5O2S/c1-21(2,29)18(22)10-24-20(28)14-9-23-19(8-16(14)26-12-3-4-12)27-13-5-6-15-17(7-13)30-11-25-15/h5-9,11-12,18,29H,3-4,10H2,1-2H3,(H,24,28)(H2,23,26,27). The topological polar surface area (TPSA) is 99.2 Å². The summed E-state index contributed by atoms with van der Waals surface area (Å²) in [5.41, 5.74) is 3.09. The molecule has 1 amide bonds. The third-order valence-corrected chi connectivity index (χ3v) is 5.69. The quantitative estimate of drug-likeness (QED) is 0.434. The van der Waals surface area contributed by atoms with Gasteiger partial charge in [-0.15, -0.1) is 11.3 Å². The van der Waals surface area contributed by atoms with Crippen molar-refractivity contribution in [2.75, 3.05) is 17.2 Å². The lowest BCUT2D eigenvalue weighted by Crippen LogP contribution is -2.42. The van der Waals surface area contributed by atoms with Crippen molar-refractivity contribution in [2.45, 2.75) is 44.5 Å². The maximum absolute atomic E-state index is 14.0. The van der Waals surface area contributed by atoms with E-state index in [9.17, 15) is 14.3 Å². The largest absolute Gasteiger partial charge is 0.387 e. The van der Waals surface area contributed by atoms with E-state index in [1.165, 1.54) is 20.0 Å². The number of nitrogens with one attached hydrogen (secondary N) is 3. The summed E-state index contributed by atoms with van der Waals surface area (Å²) in [4.78, 5) is 21.3. The molecular formula is C21H24FN5O2S. The molecule has 1 aliphatic carbocycles. The highest BCUT2D eigenvalue weighted by molar-refractivity contribution is 7.16. The molecule has 4 rings (SSSR count). The first kappa shape index (κ1) is 20.5. The molecule has 1 atom stereocenters. The number of benzene rings is 1. The van der Waals surface area contributed by atoms with Crippen LogP contribution in [0.25, 0.3) is 10.2 Å². The first-order chi connectivity index (χ1) is 14.3. The number of carbonyl (C=O) groups is 1. The van der Waals surface area contributed by atoms with Gasteiger partial charge in [0.15, 0.2) is 0 Å². The highest BCUT2D eigenvalue weighted by Crippen LogP contribution is 2.30. The number of aromatic nitrogens is 2. The smallest absolute Gasteiger partial charge is 0.255 e. The van der Waals surface area contributed by atoms with Crippen molar-refractivity contribution in [3.05, 3.63) is 41.5 Å². The fourth-order valence-corrected chi connectivity index (χ4v) is 3.60. The number of hydrogen-bond donors (Lipinski definition) is 4. The van der Waals surface area contributed by atoms with Gasteiger partial charge in [0.05, 0.1) is 39.1 Å². The summed E-state index contributed by atoms with van der Waals surface area (Å²) < 4.78 is 15.1. The van der Waals surface area contributed by atoms with Gasteiger partial charge in [0.1, 0.15) is 12.0 Å². The maximum atomic E-state index is 14.0. The Kier molecular flexibility index (Phi) is 5.57. The van der Waals surface area contributed by atoms with Crippen molar-refractivity contribution in [3.63, 3.8) is 0 Å². The third-order valence-electron chi connectivity index (χ3n) is 4.90. The molecule has 3 aromatic rings. The lowest BCUT2D eigenvalue weighted by molar-refractivity contribution is -0.00177. The van der Waals surface area contributed by atoms with Crippen LogP contribution in [0.3, 0.4) is 0 Å². The van der Waals surface area contributed by atoms with Gasteiger partial charge in [-0.25, -0.2) is 14.4 Å². The van der Waals surface area contributed by atoms with E-state index in [1.807, 2.05) is 18.2 Å². The summed E-state index contributed by atoms with van der Waals surface area (Å²) in [7, 11) is 0. The van der Waals surface area contributed by atoms with Crippen molar-refractivity contribution < 1.29 is 14.3 Å². The third kappa shape index (κ3) is 4.85. The minimum absolute atomic E-state index is 0.278. The van der Waals surface area contributed by atoms with Gasteiger partial charge in [-0.1, -0.05) is 0 Å². The van der Waals surface area contributed by atoms with E-state index in [4.69, 9.17) is 0 Å². The number of aliphatic hydroxyl groups is 1. The predicted molar refractivity (Wildman–Crippen MR) is 117 cm³/mol. The van der Waals surface area contributed by atoms with Crippen molar-refractivity contribution in [2.24, 2.45) is 0 Å². The molecule has 2 heterocycles. The second-order valence-electron chi connectivity index (χ2n) is 8.02. The number of pyridine rings is 1. The molecule has 1 saturated carbocycles. The molecule has 2 aromatic heterocycles. The lowest BCUT2D eigenvalue weighted by atomic mass is 10.0. The van der Waals surface area contributed by atoms with Crippen LogP contribution in [-0.4, -0.2) is 45.3 Å². The minimum atomic E-state index is -1.57. The fraction of sp³-hybridized carbons (Fsp3) is 0.381. The van der Waals surface area contributed by atoms with E-state index in [0.29, 0.717) is 23.1 Å². The summed E-state index contributed by atoms with van der Waals surface area (Å²) in [5.74, 6) is 0.161. The van der Waals surface area contributed by atoms with Gasteiger partial charge in [0, 0.05) is 24.0 Å². The van der Waals surface area contributed by atoms with Crippen LogP contribution in [0.2, 0.25) is 0 Å². The van der Waals surface area contributed by atoms with Crippen molar-refractivity contribution in [1.82, 2.24) is 15.3 Å². The molecule has 0 saturated heterocycles. The van der Waals surface area contributed by atoms with Crippen molar-refractivity contribution in [3.8, 4) is 0 Å². The average molecular weight is 430 g/mol. The molecular weight excluding hydrogens is 405 g/mol. The van der Waals surface area contributed by atoms with Crippen molar-refractivity contribution >= 4 is 44.7 Å². The number of hydrogen-bond acceptors (Lipinski definition) is 7. The van der Waals surface area contributed by atoms with E-state index in [0.717, 1.165) is 28.7 Å². The molecule has 7 nitrogen and oxygen atoms in total. The molecule has 1 unspecified atom stereocenters. The molecule has 0 spiro atoms. The number of thiazole rings is 1. The van der Waals surface area contributed by atoms with Gasteiger partial charge < -0.3 is 21.1 Å². The molecule has 30 heavy (non-hydrogen) atoms. The average Bonchev–Trinajstić information content (AvgIpc) is 3.38. The van der Waals surface area contributed by atoms with Gasteiger partial charge in [-0.3, -0.25) is 4.79 Å². The summed E-state index contributed by atoms with van der Waals surface area (Å²) in [6.07, 6.45) is 1.99. The zero-order valence-corrected chi connectivity index (χ0v) is 17.6. The zero-order chi connectivity index (χ0) is 21.3. The maximum Gasteiger partial charge on any atom is 0.255 e. The Morgan fingerprint density at radius 2 is 2.13 bits per heavy atom. The predicted octanol–water partition coefficient (Wildman–Crippen LogP) is 3.85. The minimum Gasteiger partial charge on any atom is -0.387 e. The van der Waals surface area contributed by atoms with E-state index < -0.39 is 17.7 Å². The van der Waals surface area contributed by atoms with E-state index in [2.05, 4.69) is 25.9 Å². The van der Waals surface area contributed by atoms with Crippen LogP contribution in [0.1, 0.15) is 37.0 Å². The molecule has 158 valence electrons. The number of halogens is 1. The Balaban J connectivity index is 1.51. The highest BCUT2D eigenvalue weighted by Gasteiger charge is 2.28. The van der Waals surface area contributed by atoms with Crippen molar-refractivity contribution in [1.29, 1.82) is 0 Å². The summed E-state index contributed by atoms with van der Waals surface area (Å²) in [6.45, 7) is 2.46. The first-order valence-corrected chi connectivity index (χ1v) is 10.7. The van der Waals surface area contributed by atoms with Crippen LogP contribution < -0.4 is 16.0 Å². The number of anilines is 3. The first-order valence-electron chi connectivity index (χ1n) is 9.81. The Labute approximate surface area is 177 Å². The normalized spacial score (nSPS) is 15.1. The lowest BCUT2D eigenvalue weighted by Gasteiger charge is -2.22. The molecule has 0 radical (unpaired) electrons. The summed E-state index contributed by atoms with van der Waals surface area (Å²) in [5, 5.41) is 18.9. The molecule has 0 bridgehead atoms. The second-order valence-corrected chi connectivity index (χ2v) is 8.91. The number of rotatable bonds is 8. The number of amides is 1. The Hall–Kier alpha value is -2.78. The monoisotopic (exact) mass is 429 g/mol. The van der Waals surface area contributed by atoms with E-state index >= 15 is 0 Å².